The van der Waals surface area contributed by atoms with Crippen LogP contribution in [0.1, 0.15) is 23.6 Å². The fourth-order valence-electron chi connectivity index (χ4n) is 3.91. The Kier molecular flexibility index (Phi) is 3.83. The van der Waals surface area contributed by atoms with Crippen molar-refractivity contribution < 1.29 is 18.0 Å². The lowest BCUT2D eigenvalue weighted by Gasteiger charge is -2.31. The van der Waals surface area contributed by atoms with Gasteiger partial charge in [-0.1, -0.05) is 29.8 Å². The Hall–Kier alpha value is -2.35. The molecule has 0 spiro atoms. The maximum absolute atomic E-state index is 13.1. The lowest BCUT2D eigenvalue weighted by molar-refractivity contribution is -0.127. The number of nitrogens with one attached hydrogen (secondary N) is 1. The average Bonchev–Trinajstić information content (AvgIpc) is 3.12. The molecule has 3 aliphatic rings. The van der Waals surface area contributed by atoms with Crippen LogP contribution in [0.3, 0.4) is 0 Å². The summed E-state index contributed by atoms with van der Waals surface area (Å²) >= 11 is 0. The molecule has 1 N–H and O–H groups in total. The van der Waals surface area contributed by atoms with E-state index >= 15 is 0 Å². The summed E-state index contributed by atoms with van der Waals surface area (Å²) in [6, 6.07) is 6.62. The van der Waals surface area contributed by atoms with Gasteiger partial charge in [-0.2, -0.15) is 0 Å². The molecule has 3 aliphatic heterocycles. The molecule has 8 heteroatoms. The van der Waals surface area contributed by atoms with E-state index in [1.165, 1.54) is 4.90 Å². The molecule has 3 amide bonds. The fraction of sp³-hybridized carbons (Fsp3) is 0.444. The largest absolute Gasteiger partial charge is 0.329 e. The highest BCUT2D eigenvalue weighted by Gasteiger charge is 2.46. The molecule has 2 unspecified atom stereocenters. The summed E-state index contributed by atoms with van der Waals surface area (Å²) in [6.07, 6.45) is 0.453. The number of benzene rings is 1. The van der Waals surface area contributed by atoms with E-state index in [1.807, 2.05) is 31.2 Å². The van der Waals surface area contributed by atoms with Gasteiger partial charge in [0.25, 0.3) is 5.91 Å². The summed E-state index contributed by atoms with van der Waals surface area (Å²) in [4.78, 5) is 28.6. The van der Waals surface area contributed by atoms with Crippen LogP contribution < -0.4 is 5.32 Å². The highest BCUT2D eigenvalue weighted by Crippen LogP contribution is 2.37. The zero-order chi connectivity index (χ0) is 18.6. The molecule has 1 saturated heterocycles. The van der Waals surface area contributed by atoms with Crippen LogP contribution in [0.25, 0.3) is 0 Å². The molecule has 0 saturated carbocycles. The molecular formula is C18H21N3O4S. The van der Waals surface area contributed by atoms with Crippen molar-refractivity contribution >= 4 is 21.8 Å². The van der Waals surface area contributed by atoms with Gasteiger partial charge >= 0.3 is 6.03 Å². The van der Waals surface area contributed by atoms with Gasteiger partial charge in [-0.05, 0) is 18.9 Å². The average molecular weight is 375 g/mol. The van der Waals surface area contributed by atoms with Crippen molar-refractivity contribution in [3.63, 3.8) is 0 Å². The van der Waals surface area contributed by atoms with Crippen molar-refractivity contribution in [1.29, 1.82) is 0 Å². The van der Waals surface area contributed by atoms with Gasteiger partial charge in [0.2, 0.25) is 0 Å². The first-order valence-corrected chi connectivity index (χ1v) is 10.4. The van der Waals surface area contributed by atoms with Gasteiger partial charge in [-0.3, -0.25) is 9.69 Å². The fourth-order valence-corrected chi connectivity index (χ4v) is 5.64. The number of sulfone groups is 1. The van der Waals surface area contributed by atoms with E-state index in [2.05, 4.69) is 5.32 Å². The molecule has 1 aromatic carbocycles. The van der Waals surface area contributed by atoms with Crippen LogP contribution in [0, 0.1) is 6.92 Å². The van der Waals surface area contributed by atoms with Crippen molar-refractivity contribution in [3.05, 3.63) is 46.7 Å². The third-order valence-electron chi connectivity index (χ3n) is 5.45. The van der Waals surface area contributed by atoms with Crippen molar-refractivity contribution in [2.24, 2.45) is 0 Å². The Labute approximate surface area is 152 Å². The van der Waals surface area contributed by atoms with Gasteiger partial charge in [0.05, 0.1) is 35.4 Å². The van der Waals surface area contributed by atoms with Crippen LogP contribution in [-0.4, -0.2) is 61.3 Å². The topological polar surface area (TPSA) is 86.8 Å². The van der Waals surface area contributed by atoms with Gasteiger partial charge in [-0.15, -0.1) is 0 Å². The van der Waals surface area contributed by atoms with Gasteiger partial charge in [0.1, 0.15) is 0 Å². The Morgan fingerprint density at radius 2 is 1.85 bits per heavy atom. The monoisotopic (exact) mass is 375 g/mol. The zero-order valence-electron chi connectivity index (χ0n) is 14.7. The number of aryl methyl sites for hydroxylation is 1. The number of hydrogen-bond acceptors (Lipinski definition) is 4. The summed E-state index contributed by atoms with van der Waals surface area (Å²) in [7, 11) is -1.46. The van der Waals surface area contributed by atoms with Gasteiger partial charge < -0.3 is 10.2 Å². The normalized spacial score (nSPS) is 27.8. The summed E-state index contributed by atoms with van der Waals surface area (Å²) in [5.74, 6) is -0.0698. The van der Waals surface area contributed by atoms with E-state index in [4.69, 9.17) is 0 Å². The number of nitrogens with zero attached hydrogens (tertiary/aromatic N) is 2. The van der Waals surface area contributed by atoms with Crippen LogP contribution in [0.5, 0.6) is 0 Å². The molecule has 4 rings (SSSR count). The van der Waals surface area contributed by atoms with E-state index in [1.54, 1.807) is 11.9 Å². The standard InChI is InChI=1S/C18H21N3O4S/c1-11-3-5-12(6-4-11)16-15-14(20(2)18(23)19-16)9-21(17(15)22)13-7-8-26(24,25)10-13/h3-6,13,16H,7-10H2,1-2H3,(H,19,23). The second-order valence-corrected chi connectivity index (χ2v) is 9.43. The number of hydrogen-bond donors (Lipinski definition) is 1. The molecule has 26 heavy (non-hydrogen) atoms. The maximum atomic E-state index is 13.1. The third-order valence-corrected chi connectivity index (χ3v) is 7.20. The lowest BCUT2D eigenvalue weighted by Crippen LogP contribution is -2.45. The molecular weight excluding hydrogens is 354 g/mol. The van der Waals surface area contributed by atoms with E-state index in [0.717, 1.165) is 11.1 Å². The predicted octanol–water partition coefficient (Wildman–Crippen LogP) is 0.975. The first kappa shape index (κ1) is 17.1. The molecule has 0 radical (unpaired) electrons. The first-order valence-electron chi connectivity index (χ1n) is 8.62. The minimum absolute atomic E-state index is 0.000409. The quantitative estimate of drug-likeness (QED) is 0.835. The number of amides is 3. The van der Waals surface area contributed by atoms with E-state index in [9.17, 15) is 18.0 Å². The minimum atomic E-state index is -3.09. The highest BCUT2D eigenvalue weighted by molar-refractivity contribution is 7.91. The molecule has 1 aromatic rings. The zero-order valence-corrected chi connectivity index (χ0v) is 15.5. The second-order valence-electron chi connectivity index (χ2n) is 7.20. The summed E-state index contributed by atoms with van der Waals surface area (Å²) in [5, 5.41) is 2.89. The highest BCUT2D eigenvalue weighted by atomic mass is 32.2. The summed E-state index contributed by atoms with van der Waals surface area (Å²) in [6.45, 7) is 2.26. The Morgan fingerprint density at radius 3 is 2.46 bits per heavy atom. The number of likely N-dealkylation sites (N-methyl/N-ethyl adjacent to an activating group) is 1. The van der Waals surface area contributed by atoms with Gasteiger partial charge in [0.15, 0.2) is 9.84 Å². The van der Waals surface area contributed by atoms with Gasteiger partial charge in [0, 0.05) is 13.1 Å². The predicted molar refractivity (Wildman–Crippen MR) is 96.0 cm³/mol. The molecule has 7 nitrogen and oxygen atoms in total. The Morgan fingerprint density at radius 1 is 1.15 bits per heavy atom. The maximum Gasteiger partial charge on any atom is 0.322 e. The van der Waals surface area contributed by atoms with Crippen molar-refractivity contribution in [2.45, 2.75) is 25.4 Å². The molecule has 0 aliphatic carbocycles. The van der Waals surface area contributed by atoms with Crippen LogP contribution in [0.15, 0.2) is 35.5 Å². The Balaban J connectivity index is 1.70. The molecule has 138 valence electrons. The summed E-state index contributed by atoms with van der Waals surface area (Å²) in [5.41, 5.74) is 3.14. The van der Waals surface area contributed by atoms with Crippen molar-refractivity contribution in [3.8, 4) is 0 Å². The van der Waals surface area contributed by atoms with E-state index in [0.29, 0.717) is 17.7 Å². The van der Waals surface area contributed by atoms with Crippen LogP contribution in [0.2, 0.25) is 0 Å². The Bertz CT molecular complexity index is 920. The number of rotatable bonds is 2. The molecule has 1 fully saturated rings. The lowest BCUT2D eigenvalue weighted by atomic mass is 9.95. The summed E-state index contributed by atoms with van der Waals surface area (Å²) < 4.78 is 23.6. The van der Waals surface area contributed by atoms with Crippen LogP contribution in [-0.2, 0) is 14.6 Å². The second kappa shape index (κ2) is 5.84. The van der Waals surface area contributed by atoms with E-state index in [-0.39, 0.29) is 36.0 Å². The number of urea groups is 1. The number of carbonyl (C=O) groups is 2. The van der Waals surface area contributed by atoms with Crippen molar-refractivity contribution in [2.75, 3.05) is 25.1 Å². The van der Waals surface area contributed by atoms with Crippen molar-refractivity contribution in [1.82, 2.24) is 15.1 Å². The van der Waals surface area contributed by atoms with Crippen LogP contribution in [0.4, 0.5) is 4.79 Å². The SMILES string of the molecule is Cc1ccc(C2NC(=O)N(C)C3=C2C(=O)N(C2CCS(=O)(=O)C2)C3)cc1. The smallest absolute Gasteiger partial charge is 0.322 e. The molecule has 3 heterocycles. The molecule has 2 atom stereocenters. The first-order chi connectivity index (χ1) is 12.3. The molecule has 0 aromatic heterocycles. The van der Waals surface area contributed by atoms with Gasteiger partial charge in [-0.25, -0.2) is 13.2 Å². The minimum Gasteiger partial charge on any atom is -0.329 e. The molecule has 0 bridgehead atoms. The number of carbonyl (C=O) groups excluding carboxylic acids is 2. The third kappa shape index (κ3) is 2.68. The van der Waals surface area contributed by atoms with Crippen LogP contribution >= 0.6 is 0 Å². The van der Waals surface area contributed by atoms with E-state index < -0.39 is 15.9 Å².